The maximum Gasteiger partial charge on any atom is 0.129 e. The Kier molecular flexibility index (Phi) is 6.88. The quantitative estimate of drug-likeness (QED) is 0.665. The van der Waals surface area contributed by atoms with E-state index in [2.05, 4.69) is 6.92 Å². The first-order valence-electron chi connectivity index (χ1n) is 6.78. The molecule has 0 saturated heterocycles. The minimum atomic E-state index is -0.896. The summed E-state index contributed by atoms with van der Waals surface area (Å²) in [6.45, 7) is 2.16. The molecule has 1 unspecified atom stereocenters. The lowest BCUT2D eigenvalue weighted by molar-refractivity contribution is 0.158. The molecule has 0 bridgehead atoms. The van der Waals surface area contributed by atoms with Crippen molar-refractivity contribution in [3.63, 3.8) is 0 Å². The van der Waals surface area contributed by atoms with Crippen LogP contribution in [0.25, 0.3) is 0 Å². The number of aliphatic hydroxyl groups is 1. The molecule has 1 rings (SSSR count). The van der Waals surface area contributed by atoms with Crippen molar-refractivity contribution in [2.45, 2.75) is 58.0 Å². The highest BCUT2D eigenvalue weighted by Gasteiger charge is 2.13. The Bertz CT molecular complexity index is 352. The lowest BCUT2D eigenvalue weighted by Gasteiger charge is -2.11. The zero-order valence-electron chi connectivity index (χ0n) is 11.0. The van der Waals surface area contributed by atoms with Crippen LogP contribution in [-0.2, 0) is 0 Å². The van der Waals surface area contributed by atoms with Crippen molar-refractivity contribution in [1.29, 1.82) is 0 Å². The Labute approximate surface area is 108 Å². The Morgan fingerprint density at radius 3 is 2.44 bits per heavy atom. The summed E-state index contributed by atoms with van der Waals surface area (Å²) in [6.07, 6.45) is 6.28. The summed E-state index contributed by atoms with van der Waals surface area (Å²) >= 11 is 0. The Morgan fingerprint density at radius 1 is 1.06 bits per heavy atom. The van der Waals surface area contributed by atoms with Crippen LogP contribution in [0, 0.1) is 11.6 Å². The molecule has 0 aromatic heterocycles. The first-order chi connectivity index (χ1) is 8.65. The van der Waals surface area contributed by atoms with Crippen LogP contribution in [0.5, 0.6) is 0 Å². The van der Waals surface area contributed by atoms with Gasteiger partial charge in [-0.05, 0) is 24.6 Å². The van der Waals surface area contributed by atoms with Gasteiger partial charge in [0, 0.05) is 5.56 Å². The number of hydrogen-bond donors (Lipinski definition) is 1. The molecular formula is C15H22F2O. The van der Waals surface area contributed by atoms with Crippen LogP contribution in [0.4, 0.5) is 8.78 Å². The fourth-order valence-corrected chi connectivity index (χ4v) is 2.04. The molecule has 0 heterocycles. The molecule has 0 spiro atoms. The van der Waals surface area contributed by atoms with Crippen LogP contribution >= 0.6 is 0 Å². The van der Waals surface area contributed by atoms with E-state index in [0.717, 1.165) is 37.5 Å². The Hall–Kier alpha value is -0.960. The second-order valence-corrected chi connectivity index (χ2v) is 4.74. The molecule has 3 heteroatoms. The standard InChI is InChI=1S/C15H22F2O/c1-2-3-4-5-6-7-8-15(18)13-11-12(16)9-10-14(13)17/h9-11,15,18H,2-8H2,1H3. The van der Waals surface area contributed by atoms with Crippen LogP contribution in [-0.4, -0.2) is 5.11 Å². The monoisotopic (exact) mass is 256 g/mol. The molecule has 1 N–H and O–H groups in total. The van der Waals surface area contributed by atoms with Gasteiger partial charge in [0.05, 0.1) is 6.10 Å². The third-order valence-corrected chi connectivity index (χ3v) is 3.15. The van der Waals surface area contributed by atoms with Crippen LogP contribution in [0.3, 0.4) is 0 Å². The number of halogens is 2. The van der Waals surface area contributed by atoms with Gasteiger partial charge in [-0.2, -0.15) is 0 Å². The molecule has 102 valence electrons. The summed E-state index contributed by atoms with van der Waals surface area (Å²) in [6, 6.07) is 3.21. The van der Waals surface area contributed by atoms with E-state index in [4.69, 9.17) is 0 Å². The van der Waals surface area contributed by atoms with Crippen molar-refractivity contribution < 1.29 is 13.9 Å². The van der Waals surface area contributed by atoms with Crippen molar-refractivity contribution in [2.75, 3.05) is 0 Å². The molecule has 0 radical (unpaired) electrons. The van der Waals surface area contributed by atoms with Crippen molar-refractivity contribution in [1.82, 2.24) is 0 Å². The molecule has 1 aromatic carbocycles. The van der Waals surface area contributed by atoms with Crippen molar-refractivity contribution >= 4 is 0 Å². The summed E-state index contributed by atoms with van der Waals surface area (Å²) in [7, 11) is 0. The Morgan fingerprint density at radius 2 is 1.72 bits per heavy atom. The number of unbranched alkanes of at least 4 members (excludes halogenated alkanes) is 5. The SMILES string of the molecule is CCCCCCCCC(O)c1cc(F)ccc1F. The van der Waals surface area contributed by atoms with Crippen molar-refractivity contribution in [3.8, 4) is 0 Å². The summed E-state index contributed by atoms with van der Waals surface area (Å²) in [5.41, 5.74) is 0.0727. The van der Waals surface area contributed by atoms with Gasteiger partial charge in [-0.1, -0.05) is 45.4 Å². The highest BCUT2D eigenvalue weighted by atomic mass is 19.1. The van der Waals surface area contributed by atoms with Gasteiger partial charge < -0.3 is 5.11 Å². The zero-order valence-corrected chi connectivity index (χ0v) is 11.0. The van der Waals surface area contributed by atoms with E-state index in [9.17, 15) is 13.9 Å². The molecule has 0 amide bonds. The molecule has 0 aliphatic rings. The molecule has 1 nitrogen and oxygen atoms in total. The number of aliphatic hydroxyl groups excluding tert-OH is 1. The molecule has 18 heavy (non-hydrogen) atoms. The highest BCUT2D eigenvalue weighted by molar-refractivity contribution is 5.20. The maximum atomic E-state index is 13.4. The van der Waals surface area contributed by atoms with Gasteiger partial charge in [-0.25, -0.2) is 8.78 Å². The number of benzene rings is 1. The predicted molar refractivity (Wildman–Crippen MR) is 69.3 cm³/mol. The number of hydrogen-bond acceptors (Lipinski definition) is 1. The van der Waals surface area contributed by atoms with Gasteiger partial charge in [0.2, 0.25) is 0 Å². The smallest absolute Gasteiger partial charge is 0.129 e. The topological polar surface area (TPSA) is 20.2 Å². The summed E-state index contributed by atoms with van der Waals surface area (Å²) in [4.78, 5) is 0. The molecule has 1 aromatic rings. The van der Waals surface area contributed by atoms with E-state index in [-0.39, 0.29) is 5.56 Å². The van der Waals surface area contributed by atoms with Crippen LogP contribution in [0.2, 0.25) is 0 Å². The summed E-state index contributed by atoms with van der Waals surface area (Å²) in [5, 5.41) is 9.82. The highest BCUT2D eigenvalue weighted by Crippen LogP contribution is 2.23. The fourth-order valence-electron chi connectivity index (χ4n) is 2.04. The second-order valence-electron chi connectivity index (χ2n) is 4.74. The minimum Gasteiger partial charge on any atom is -0.388 e. The second kappa shape index (κ2) is 8.20. The maximum absolute atomic E-state index is 13.4. The van der Waals surface area contributed by atoms with Crippen molar-refractivity contribution in [3.05, 3.63) is 35.4 Å². The molecule has 0 aliphatic carbocycles. The van der Waals surface area contributed by atoms with E-state index in [1.807, 2.05) is 0 Å². The van der Waals surface area contributed by atoms with Gasteiger partial charge in [0.1, 0.15) is 11.6 Å². The Balaban J connectivity index is 2.31. The van der Waals surface area contributed by atoms with E-state index >= 15 is 0 Å². The normalized spacial score (nSPS) is 12.7. The zero-order chi connectivity index (χ0) is 13.4. The third kappa shape index (κ3) is 5.13. The molecule has 0 aliphatic heterocycles. The van der Waals surface area contributed by atoms with E-state index in [1.165, 1.54) is 19.3 Å². The average molecular weight is 256 g/mol. The van der Waals surface area contributed by atoms with Crippen LogP contribution < -0.4 is 0 Å². The lowest BCUT2D eigenvalue weighted by atomic mass is 10.0. The molecular weight excluding hydrogens is 234 g/mol. The third-order valence-electron chi connectivity index (χ3n) is 3.15. The van der Waals surface area contributed by atoms with E-state index in [1.54, 1.807) is 0 Å². The summed E-state index contributed by atoms with van der Waals surface area (Å²) < 4.78 is 26.3. The predicted octanol–water partition coefficient (Wildman–Crippen LogP) is 4.75. The summed E-state index contributed by atoms with van der Waals surface area (Å²) in [5.74, 6) is -1.04. The average Bonchev–Trinajstić information content (AvgIpc) is 2.36. The van der Waals surface area contributed by atoms with E-state index < -0.39 is 17.7 Å². The first-order valence-corrected chi connectivity index (χ1v) is 6.78. The van der Waals surface area contributed by atoms with Crippen LogP contribution in [0.1, 0.15) is 63.5 Å². The van der Waals surface area contributed by atoms with Gasteiger partial charge in [0.15, 0.2) is 0 Å². The first kappa shape index (κ1) is 15.1. The van der Waals surface area contributed by atoms with Gasteiger partial charge in [0.25, 0.3) is 0 Å². The lowest BCUT2D eigenvalue weighted by Crippen LogP contribution is -2.01. The molecule has 1 atom stereocenters. The minimum absolute atomic E-state index is 0.0727. The van der Waals surface area contributed by atoms with Gasteiger partial charge in [-0.15, -0.1) is 0 Å². The largest absolute Gasteiger partial charge is 0.388 e. The van der Waals surface area contributed by atoms with E-state index in [0.29, 0.717) is 6.42 Å². The van der Waals surface area contributed by atoms with Gasteiger partial charge in [-0.3, -0.25) is 0 Å². The fraction of sp³-hybridized carbons (Fsp3) is 0.600. The van der Waals surface area contributed by atoms with Crippen molar-refractivity contribution in [2.24, 2.45) is 0 Å². The molecule has 0 saturated carbocycles. The number of rotatable bonds is 8. The van der Waals surface area contributed by atoms with Crippen LogP contribution in [0.15, 0.2) is 18.2 Å². The van der Waals surface area contributed by atoms with Gasteiger partial charge >= 0.3 is 0 Å². The molecule has 0 fully saturated rings.